The first-order valence-corrected chi connectivity index (χ1v) is 5.54. The minimum atomic E-state index is 0.505. The molecule has 0 aliphatic carbocycles. The van der Waals surface area contributed by atoms with Crippen molar-refractivity contribution < 1.29 is 4.42 Å². The lowest BCUT2D eigenvalue weighted by atomic mass is 10.3. The fourth-order valence-corrected chi connectivity index (χ4v) is 1.59. The van der Waals surface area contributed by atoms with E-state index in [4.69, 9.17) is 10.2 Å². The lowest BCUT2D eigenvalue weighted by Crippen LogP contribution is -2.18. The molecule has 0 atom stereocenters. The van der Waals surface area contributed by atoms with E-state index in [2.05, 4.69) is 9.97 Å². The topological polar surface area (TPSA) is 68.2 Å². The summed E-state index contributed by atoms with van der Waals surface area (Å²) in [7, 11) is 1.97. The first-order chi connectivity index (χ1) is 8.19. The Bertz CT molecular complexity index is 481. The number of hydrogen-bond acceptors (Lipinski definition) is 5. The molecule has 0 saturated carbocycles. The van der Waals surface area contributed by atoms with Crippen LogP contribution in [0.3, 0.4) is 0 Å². The van der Waals surface area contributed by atoms with Crippen molar-refractivity contribution in [2.24, 2.45) is 0 Å². The number of furan rings is 1. The van der Waals surface area contributed by atoms with Crippen LogP contribution >= 0.6 is 0 Å². The summed E-state index contributed by atoms with van der Waals surface area (Å²) >= 11 is 0. The molecular formula is C12H16N4O. The highest BCUT2D eigenvalue weighted by Crippen LogP contribution is 2.15. The van der Waals surface area contributed by atoms with Crippen molar-refractivity contribution in [1.82, 2.24) is 9.97 Å². The van der Waals surface area contributed by atoms with Crippen LogP contribution in [0.4, 0.5) is 11.6 Å². The standard InChI is InChI=1S/C12H16N4O/c1-3-11-14-10(13)6-12(15-11)16(2)7-9-4-5-17-8-9/h4-6,8H,3,7H2,1-2H3,(H2,13,14,15). The van der Waals surface area contributed by atoms with Crippen LogP contribution < -0.4 is 10.6 Å². The van der Waals surface area contributed by atoms with E-state index in [-0.39, 0.29) is 0 Å². The molecule has 0 unspecified atom stereocenters. The van der Waals surface area contributed by atoms with Gasteiger partial charge in [0.05, 0.1) is 12.5 Å². The van der Waals surface area contributed by atoms with Gasteiger partial charge >= 0.3 is 0 Å². The fraction of sp³-hybridized carbons (Fsp3) is 0.333. The van der Waals surface area contributed by atoms with Gasteiger partial charge in [-0.3, -0.25) is 0 Å². The van der Waals surface area contributed by atoms with Crippen molar-refractivity contribution in [3.8, 4) is 0 Å². The van der Waals surface area contributed by atoms with E-state index < -0.39 is 0 Å². The Kier molecular flexibility index (Phi) is 3.27. The normalized spacial score (nSPS) is 10.5. The zero-order valence-corrected chi connectivity index (χ0v) is 10.1. The average molecular weight is 232 g/mol. The molecule has 5 nitrogen and oxygen atoms in total. The summed E-state index contributed by atoms with van der Waals surface area (Å²) in [4.78, 5) is 10.6. The quantitative estimate of drug-likeness (QED) is 0.871. The van der Waals surface area contributed by atoms with E-state index in [1.807, 2.05) is 24.9 Å². The molecule has 17 heavy (non-hydrogen) atoms. The summed E-state index contributed by atoms with van der Waals surface area (Å²) in [6.45, 7) is 2.74. The van der Waals surface area contributed by atoms with Crippen LogP contribution in [0.15, 0.2) is 29.1 Å². The highest BCUT2D eigenvalue weighted by atomic mass is 16.3. The number of nitrogens with two attached hydrogens (primary N) is 1. The Labute approximate surface area is 100 Å². The van der Waals surface area contributed by atoms with Gasteiger partial charge in [-0.1, -0.05) is 6.92 Å². The van der Waals surface area contributed by atoms with Crippen LogP contribution in [0.2, 0.25) is 0 Å². The van der Waals surface area contributed by atoms with Crippen LogP contribution in [0.1, 0.15) is 18.3 Å². The summed E-state index contributed by atoms with van der Waals surface area (Å²) in [5.41, 5.74) is 6.85. The van der Waals surface area contributed by atoms with E-state index in [1.165, 1.54) is 0 Å². The molecule has 0 amide bonds. The van der Waals surface area contributed by atoms with Gasteiger partial charge in [0.15, 0.2) is 0 Å². The highest BCUT2D eigenvalue weighted by molar-refractivity contribution is 5.46. The maximum absolute atomic E-state index is 5.75. The van der Waals surface area contributed by atoms with E-state index in [1.54, 1.807) is 18.6 Å². The second-order valence-corrected chi connectivity index (χ2v) is 3.91. The summed E-state index contributed by atoms with van der Waals surface area (Å²) in [5, 5.41) is 0. The van der Waals surface area contributed by atoms with E-state index >= 15 is 0 Å². The monoisotopic (exact) mass is 232 g/mol. The summed E-state index contributed by atoms with van der Waals surface area (Å²) < 4.78 is 5.04. The molecule has 90 valence electrons. The first kappa shape index (κ1) is 11.4. The minimum Gasteiger partial charge on any atom is -0.472 e. The lowest BCUT2D eigenvalue weighted by molar-refractivity contribution is 0.563. The molecule has 0 radical (unpaired) electrons. The molecule has 2 N–H and O–H groups in total. The predicted octanol–water partition coefficient (Wildman–Crippen LogP) is 1.85. The molecule has 5 heteroatoms. The molecule has 0 aliphatic rings. The van der Waals surface area contributed by atoms with E-state index in [9.17, 15) is 0 Å². The molecule has 2 rings (SSSR count). The van der Waals surface area contributed by atoms with Gasteiger partial charge in [-0.15, -0.1) is 0 Å². The maximum atomic E-state index is 5.75. The number of anilines is 2. The van der Waals surface area contributed by atoms with E-state index in [0.717, 1.165) is 30.2 Å². The Morgan fingerprint density at radius 1 is 1.41 bits per heavy atom. The number of aromatic nitrogens is 2. The van der Waals surface area contributed by atoms with Gasteiger partial charge in [-0.25, -0.2) is 9.97 Å². The van der Waals surface area contributed by atoms with Crippen molar-refractivity contribution in [1.29, 1.82) is 0 Å². The fourth-order valence-electron chi connectivity index (χ4n) is 1.59. The van der Waals surface area contributed by atoms with Gasteiger partial charge < -0.3 is 15.1 Å². The molecule has 0 saturated heterocycles. The van der Waals surface area contributed by atoms with Gasteiger partial charge in [-0.2, -0.15) is 0 Å². The molecule has 0 fully saturated rings. The number of nitrogen functional groups attached to an aromatic ring is 1. The Morgan fingerprint density at radius 2 is 2.24 bits per heavy atom. The Morgan fingerprint density at radius 3 is 2.88 bits per heavy atom. The minimum absolute atomic E-state index is 0.505. The third-order valence-corrected chi connectivity index (χ3v) is 2.49. The predicted molar refractivity (Wildman–Crippen MR) is 66.6 cm³/mol. The summed E-state index contributed by atoms with van der Waals surface area (Å²) in [5.74, 6) is 2.10. The maximum Gasteiger partial charge on any atom is 0.134 e. The largest absolute Gasteiger partial charge is 0.472 e. The molecule has 2 heterocycles. The first-order valence-electron chi connectivity index (χ1n) is 5.54. The number of rotatable bonds is 4. The molecule has 2 aromatic rings. The lowest BCUT2D eigenvalue weighted by Gasteiger charge is -2.18. The van der Waals surface area contributed by atoms with Gasteiger partial charge in [0, 0.05) is 31.6 Å². The molecule has 2 aromatic heterocycles. The van der Waals surface area contributed by atoms with Crippen molar-refractivity contribution in [3.05, 3.63) is 36.0 Å². The number of aryl methyl sites for hydroxylation is 1. The summed E-state index contributed by atoms with van der Waals surface area (Å²) in [6.07, 6.45) is 4.16. The van der Waals surface area contributed by atoms with Gasteiger partial charge in [0.1, 0.15) is 17.5 Å². The van der Waals surface area contributed by atoms with Gasteiger partial charge in [0.2, 0.25) is 0 Å². The second kappa shape index (κ2) is 4.86. The third kappa shape index (κ3) is 2.75. The zero-order chi connectivity index (χ0) is 12.3. The highest BCUT2D eigenvalue weighted by Gasteiger charge is 2.07. The van der Waals surface area contributed by atoms with E-state index in [0.29, 0.717) is 5.82 Å². The molecule has 0 aromatic carbocycles. The van der Waals surface area contributed by atoms with Crippen LogP contribution in [0.5, 0.6) is 0 Å². The average Bonchev–Trinajstić information content (AvgIpc) is 2.81. The summed E-state index contributed by atoms with van der Waals surface area (Å²) in [6, 6.07) is 3.71. The van der Waals surface area contributed by atoms with Crippen LogP contribution in [-0.4, -0.2) is 17.0 Å². The molecule has 0 bridgehead atoms. The smallest absolute Gasteiger partial charge is 0.134 e. The van der Waals surface area contributed by atoms with Crippen molar-refractivity contribution >= 4 is 11.6 Å². The molecule has 0 spiro atoms. The second-order valence-electron chi connectivity index (χ2n) is 3.91. The Hall–Kier alpha value is -2.04. The van der Waals surface area contributed by atoms with Crippen molar-refractivity contribution in [2.75, 3.05) is 17.7 Å². The van der Waals surface area contributed by atoms with Crippen molar-refractivity contribution in [3.63, 3.8) is 0 Å². The third-order valence-electron chi connectivity index (χ3n) is 2.49. The SMILES string of the molecule is CCc1nc(N)cc(N(C)Cc2ccoc2)n1. The molecular weight excluding hydrogens is 216 g/mol. The van der Waals surface area contributed by atoms with Gasteiger partial charge in [-0.05, 0) is 6.07 Å². The zero-order valence-electron chi connectivity index (χ0n) is 10.1. The number of hydrogen-bond donors (Lipinski definition) is 1. The molecule has 0 aliphatic heterocycles. The Balaban J connectivity index is 2.18. The van der Waals surface area contributed by atoms with Crippen LogP contribution in [0, 0.1) is 0 Å². The van der Waals surface area contributed by atoms with Crippen molar-refractivity contribution in [2.45, 2.75) is 19.9 Å². The van der Waals surface area contributed by atoms with Crippen LogP contribution in [-0.2, 0) is 13.0 Å². The number of nitrogens with zero attached hydrogens (tertiary/aromatic N) is 3. The van der Waals surface area contributed by atoms with Gasteiger partial charge in [0.25, 0.3) is 0 Å². The van der Waals surface area contributed by atoms with Crippen LogP contribution in [0.25, 0.3) is 0 Å².